The summed E-state index contributed by atoms with van der Waals surface area (Å²) in [4.78, 5) is 15.9. The second-order valence-corrected chi connectivity index (χ2v) is 9.25. The molecule has 12 unspecified atom stereocenters. The third-order valence-electron chi connectivity index (χ3n) is 7.12. The molecular weight excluding hydrogens is 492 g/mol. The lowest BCUT2D eigenvalue weighted by atomic mass is 9.94. The summed E-state index contributed by atoms with van der Waals surface area (Å²) >= 11 is 0. The van der Waals surface area contributed by atoms with Gasteiger partial charge in [-0.3, -0.25) is 9.47 Å². The van der Waals surface area contributed by atoms with Crippen LogP contribution in [0.1, 0.15) is 24.4 Å². The number of aliphatic hydroxyl groups excluding tert-OH is 6. The van der Waals surface area contributed by atoms with Crippen LogP contribution in [-0.2, 0) is 19.0 Å². The maximum atomic E-state index is 11.8. The van der Waals surface area contributed by atoms with Crippen molar-refractivity contribution in [2.75, 3.05) is 13.6 Å². The number of aromatic nitrogens is 1. The van der Waals surface area contributed by atoms with Crippen LogP contribution in [0.2, 0.25) is 0 Å². The number of nitrogens with zero attached hydrogens (tertiary/aromatic N) is 2. The minimum Gasteiger partial charge on any atom is -1.00 e. The van der Waals surface area contributed by atoms with E-state index in [1.807, 2.05) is 6.07 Å². The Morgan fingerprint density at radius 1 is 1.06 bits per heavy atom. The van der Waals surface area contributed by atoms with Crippen molar-refractivity contribution in [3.8, 4) is 0 Å². The summed E-state index contributed by atoms with van der Waals surface area (Å²) in [5, 5.41) is 70.9. The third-order valence-corrected chi connectivity index (χ3v) is 7.12. The smallest absolute Gasteiger partial charge is 0.335 e. The number of aliphatic hydroxyl groups is 6. The molecule has 3 saturated heterocycles. The van der Waals surface area contributed by atoms with Gasteiger partial charge in [0.2, 0.25) is 6.23 Å². The Balaban J connectivity index is 0.00000342. The van der Waals surface area contributed by atoms with Crippen LogP contribution in [0.4, 0.5) is 0 Å². The summed E-state index contributed by atoms with van der Waals surface area (Å²) in [5.74, 6) is -1.47. The van der Waals surface area contributed by atoms with Crippen LogP contribution < -0.4 is 12.4 Å². The maximum absolute atomic E-state index is 11.8. The van der Waals surface area contributed by atoms with Gasteiger partial charge in [0.25, 0.3) is 0 Å². The first-order valence-corrected chi connectivity index (χ1v) is 11.1. The van der Waals surface area contributed by atoms with E-state index in [2.05, 4.69) is 4.98 Å². The van der Waals surface area contributed by atoms with Crippen molar-refractivity contribution in [1.82, 2.24) is 4.98 Å². The van der Waals surface area contributed by atoms with Crippen LogP contribution in [0.15, 0.2) is 24.5 Å². The molecule has 3 fully saturated rings. The molecule has 7 N–H and O–H groups in total. The molecule has 198 valence electrons. The molecule has 13 nitrogen and oxygen atoms in total. The van der Waals surface area contributed by atoms with Gasteiger partial charge in [-0.15, -0.1) is 0 Å². The molecule has 35 heavy (non-hydrogen) atoms. The monoisotopic (exact) mass is 522 g/mol. The normalized spacial score (nSPS) is 46.1. The molecule has 0 aromatic carbocycles. The number of quaternary nitrogens is 1. The van der Waals surface area contributed by atoms with Gasteiger partial charge in [-0.1, -0.05) is 6.07 Å². The zero-order chi connectivity index (χ0) is 24.8. The van der Waals surface area contributed by atoms with E-state index in [4.69, 9.17) is 14.2 Å². The molecule has 0 amide bonds. The zero-order valence-electron chi connectivity index (χ0n) is 18.8. The number of ether oxygens (including phenoxy) is 3. The van der Waals surface area contributed by atoms with Gasteiger partial charge in [-0.05, 0) is 6.07 Å². The highest BCUT2D eigenvalue weighted by atomic mass is 35.5. The molecule has 1 aromatic heterocycles. The summed E-state index contributed by atoms with van der Waals surface area (Å²) in [6, 6.07) is 3.43. The van der Waals surface area contributed by atoms with Crippen LogP contribution >= 0.6 is 0 Å². The number of carboxylic acid groups (broad SMARTS) is 1. The fourth-order valence-electron chi connectivity index (χ4n) is 5.24. The molecule has 0 saturated carbocycles. The standard InChI is InChI=1S/C21H30N2O11.ClH/c1-23(7-3-5-10(23)9-4-2-6-22-8-9)18-16(12(25)13(26)17(32-18)19(29)30)33-21-15(28)11(24)14(27)20(31)34-21;/h2,4,6,8,10-18,20-21,24-28,31H,3,5,7H2,1H3;1H. The van der Waals surface area contributed by atoms with E-state index in [0.717, 1.165) is 12.0 Å². The van der Waals surface area contributed by atoms with E-state index >= 15 is 0 Å². The quantitative estimate of drug-likeness (QED) is 0.181. The summed E-state index contributed by atoms with van der Waals surface area (Å²) < 4.78 is 16.8. The van der Waals surface area contributed by atoms with E-state index in [9.17, 15) is 40.5 Å². The Hall–Kier alpha value is -1.49. The fraction of sp³-hybridized carbons (Fsp3) is 0.714. The van der Waals surface area contributed by atoms with Crippen molar-refractivity contribution in [1.29, 1.82) is 0 Å². The summed E-state index contributed by atoms with van der Waals surface area (Å²) in [5.41, 5.74) is 0.861. The molecule has 14 heteroatoms. The van der Waals surface area contributed by atoms with Gasteiger partial charge in [0.1, 0.15) is 36.6 Å². The number of carbonyl (C=O) groups is 1. The Bertz CT molecular complexity index is 869. The Morgan fingerprint density at radius 3 is 2.40 bits per heavy atom. The lowest BCUT2D eigenvalue weighted by Gasteiger charge is -2.51. The maximum Gasteiger partial charge on any atom is 0.335 e. The number of hydrogen-bond donors (Lipinski definition) is 7. The second-order valence-electron chi connectivity index (χ2n) is 9.25. The summed E-state index contributed by atoms with van der Waals surface area (Å²) in [6.45, 7) is 0.511. The number of likely N-dealkylation sites (N-methyl/N-ethyl adjacent to an activating group) is 1. The number of carboxylic acids is 1. The predicted molar refractivity (Wildman–Crippen MR) is 109 cm³/mol. The Labute approximate surface area is 207 Å². The van der Waals surface area contributed by atoms with Crippen molar-refractivity contribution >= 4 is 5.97 Å². The average Bonchev–Trinajstić information content (AvgIpc) is 3.21. The van der Waals surface area contributed by atoms with Crippen molar-refractivity contribution < 1.29 is 71.6 Å². The third kappa shape index (κ3) is 5.04. The van der Waals surface area contributed by atoms with Crippen LogP contribution in [-0.4, -0.2) is 126 Å². The summed E-state index contributed by atoms with van der Waals surface area (Å²) in [6.07, 6.45) is -12.2. The molecule has 4 rings (SSSR count). The Morgan fingerprint density at radius 2 is 1.77 bits per heavy atom. The minimum absolute atomic E-state index is 0. The Kier molecular flexibility index (Phi) is 8.72. The first-order valence-electron chi connectivity index (χ1n) is 11.1. The molecule has 4 heterocycles. The number of rotatable bonds is 5. The molecule has 0 radical (unpaired) electrons. The van der Waals surface area contributed by atoms with Gasteiger partial charge in [0.05, 0.1) is 13.6 Å². The van der Waals surface area contributed by atoms with Gasteiger partial charge in [0.15, 0.2) is 24.8 Å². The van der Waals surface area contributed by atoms with Gasteiger partial charge in [0, 0.05) is 30.8 Å². The number of likely N-dealkylation sites (tertiary alicyclic amines) is 1. The molecule has 12 atom stereocenters. The minimum atomic E-state index is -1.89. The van der Waals surface area contributed by atoms with Gasteiger partial charge in [-0.2, -0.15) is 0 Å². The molecule has 0 bridgehead atoms. The lowest BCUT2D eigenvalue weighted by Crippen LogP contribution is -3.00. The van der Waals surface area contributed by atoms with Gasteiger partial charge >= 0.3 is 5.97 Å². The van der Waals surface area contributed by atoms with Crippen LogP contribution in [0, 0.1) is 0 Å². The van der Waals surface area contributed by atoms with Gasteiger partial charge < -0.3 is 62.4 Å². The van der Waals surface area contributed by atoms with E-state index < -0.39 is 67.5 Å². The fourth-order valence-corrected chi connectivity index (χ4v) is 5.24. The molecule has 0 spiro atoms. The molecule has 0 aliphatic carbocycles. The number of aliphatic carboxylic acids is 1. The molecule has 1 aromatic rings. The topological polar surface area (TPSA) is 199 Å². The van der Waals surface area contributed by atoms with E-state index in [1.54, 1.807) is 25.5 Å². The van der Waals surface area contributed by atoms with E-state index in [1.165, 1.54) is 0 Å². The molecule has 3 aliphatic heterocycles. The molecule has 3 aliphatic rings. The van der Waals surface area contributed by atoms with Crippen LogP contribution in [0.25, 0.3) is 0 Å². The van der Waals surface area contributed by atoms with E-state index in [0.29, 0.717) is 13.0 Å². The number of hydrogen-bond acceptors (Lipinski definition) is 11. The second kappa shape index (κ2) is 10.9. The van der Waals surface area contributed by atoms with Crippen molar-refractivity contribution in [3.63, 3.8) is 0 Å². The highest BCUT2D eigenvalue weighted by molar-refractivity contribution is 5.73. The number of pyridine rings is 1. The summed E-state index contributed by atoms with van der Waals surface area (Å²) in [7, 11) is 1.81. The van der Waals surface area contributed by atoms with Gasteiger partial charge in [-0.25, -0.2) is 4.79 Å². The number of halogens is 1. The predicted octanol–water partition coefficient (Wildman–Crippen LogP) is -5.96. The van der Waals surface area contributed by atoms with Crippen molar-refractivity contribution in [3.05, 3.63) is 30.1 Å². The highest BCUT2D eigenvalue weighted by Crippen LogP contribution is 2.44. The first kappa shape index (κ1) is 28.1. The highest BCUT2D eigenvalue weighted by Gasteiger charge is 2.60. The van der Waals surface area contributed by atoms with E-state index in [-0.39, 0.29) is 22.9 Å². The van der Waals surface area contributed by atoms with Crippen molar-refractivity contribution in [2.45, 2.75) is 80.4 Å². The first-order chi connectivity index (χ1) is 16.1. The SMILES string of the molecule is C[N+]1(C2OC(C(=O)O)C(O)C(O)C2OC2OC(O)C(O)C(O)C2O)CCCC1c1cccnc1.[Cl-]. The van der Waals surface area contributed by atoms with Crippen LogP contribution in [0.3, 0.4) is 0 Å². The van der Waals surface area contributed by atoms with Crippen molar-refractivity contribution in [2.24, 2.45) is 0 Å². The molecular formula is C21H31ClN2O11. The van der Waals surface area contributed by atoms with Crippen LogP contribution in [0.5, 0.6) is 0 Å². The average molecular weight is 523 g/mol. The zero-order valence-corrected chi connectivity index (χ0v) is 19.6. The lowest BCUT2D eigenvalue weighted by molar-refractivity contribution is -0.977. The largest absolute Gasteiger partial charge is 1.00 e.